The number of rotatable bonds is 8. The zero-order chi connectivity index (χ0) is 20.9. The summed E-state index contributed by atoms with van der Waals surface area (Å²) in [5.41, 5.74) is 1.98. The second-order valence-corrected chi connectivity index (χ2v) is 6.94. The van der Waals surface area contributed by atoms with Crippen molar-refractivity contribution in [2.24, 2.45) is 0 Å². The van der Waals surface area contributed by atoms with Crippen LogP contribution in [0.15, 0.2) is 36.8 Å². The maximum absolute atomic E-state index is 14.1. The number of halogens is 1. The quantitative estimate of drug-likeness (QED) is 0.430. The van der Waals surface area contributed by atoms with E-state index in [1.165, 1.54) is 0 Å². The Morgan fingerprint density at radius 1 is 1.30 bits per heavy atom. The molecule has 0 aliphatic carbocycles. The van der Waals surface area contributed by atoms with Crippen LogP contribution in [0.25, 0.3) is 17.0 Å². The first-order chi connectivity index (χ1) is 14.7. The molecule has 0 saturated carbocycles. The fourth-order valence-electron chi connectivity index (χ4n) is 3.24. The summed E-state index contributed by atoms with van der Waals surface area (Å²) >= 11 is 0. The SMILES string of the molecule is CCCNCC(F)Nc1cccc(-c2cnc3cnc(N4CCOCC4=O)cn23)n1. The number of ether oxygens (including phenoxy) is 1. The van der Waals surface area contributed by atoms with Crippen molar-refractivity contribution in [1.29, 1.82) is 0 Å². The molecule has 10 heteroatoms. The second-order valence-electron chi connectivity index (χ2n) is 6.94. The van der Waals surface area contributed by atoms with Crippen LogP contribution in [-0.4, -0.2) is 64.4 Å². The van der Waals surface area contributed by atoms with Crippen molar-refractivity contribution >= 4 is 23.2 Å². The summed E-state index contributed by atoms with van der Waals surface area (Å²) in [6.07, 6.45) is 4.76. The molecular formula is C20H24FN7O2. The van der Waals surface area contributed by atoms with Gasteiger partial charge in [0, 0.05) is 6.54 Å². The molecule has 1 unspecified atom stereocenters. The molecule has 9 nitrogen and oxygen atoms in total. The van der Waals surface area contributed by atoms with E-state index < -0.39 is 6.30 Å². The number of hydrogen-bond donors (Lipinski definition) is 2. The fourth-order valence-corrected chi connectivity index (χ4v) is 3.24. The van der Waals surface area contributed by atoms with Gasteiger partial charge in [0.05, 0.1) is 43.1 Å². The van der Waals surface area contributed by atoms with Gasteiger partial charge in [-0.2, -0.15) is 0 Å². The van der Waals surface area contributed by atoms with Gasteiger partial charge >= 0.3 is 0 Å². The van der Waals surface area contributed by atoms with Crippen LogP contribution in [0.4, 0.5) is 16.0 Å². The number of aromatic nitrogens is 4. The van der Waals surface area contributed by atoms with Crippen LogP contribution in [0.1, 0.15) is 13.3 Å². The van der Waals surface area contributed by atoms with Crippen LogP contribution in [0.3, 0.4) is 0 Å². The van der Waals surface area contributed by atoms with Crippen molar-refractivity contribution in [1.82, 2.24) is 24.7 Å². The Kier molecular flexibility index (Phi) is 6.15. The van der Waals surface area contributed by atoms with Gasteiger partial charge in [-0.25, -0.2) is 19.3 Å². The summed E-state index contributed by atoms with van der Waals surface area (Å²) in [6.45, 7) is 3.96. The average Bonchev–Trinajstić information content (AvgIpc) is 3.18. The normalized spacial score (nSPS) is 15.5. The molecule has 0 aromatic carbocycles. The Bertz CT molecular complexity index is 1030. The highest BCUT2D eigenvalue weighted by atomic mass is 19.1. The van der Waals surface area contributed by atoms with Crippen LogP contribution in [0.5, 0.6) is 0 Å². The maximum Gasteiger partial charge on any atom is 0.254 e. The zero-order valence-corrected chi connectivity index (χ0v) is 16.7. The molecule has 1 amide bonds. The van der Waals surface area contributed by atoms with E-state index in [1.807, 2.05) is 23.5 Å². The van der Waals surface area contributed by atoms with Gasteiger partial charge in [-0.15, -0.1) is 0 Å². The van der Waals surface area contributed by atoms with E-state index in [9.17, 15) is 9.18 Å². The molecule has 1 saturated heterocycles. The van der Waals surface area contributed by atoms with E-state index in [1.54, 1.807) is 29.6 Å². The lowest BCUT2D eigenvalue weighted by Gasteiger charge is -2.25. The highest BCUT2D eigenvalue weighted by Crippen LogP contribution is 2.23. The van der Waals surface area contributed by atoms with E-state index in [4.69, 9.17) is 4.74 Å². The molecule has 158 valence electrons. The molecule has 1 atom stereocenters. The third kappa shape index (κ3) is 4.39. The summed E-state index contributed by atoms with van der Waals surface area (Å²) < 4.78 is 21.2. The Morgan fingerprint density at radius 2 is 2.20 bits per heavy atom. The standard InChI is InChI=1S/C20H24FN7O2/c1-2-6-22-10-16(21)26-17-5-3-4-14(25-17)15-9-23-18-11-24-19(12-28(15)18)27-7-8-30-13-20(27)29/h3-5,9,11-12,16,22H,2,6-8,10,13H2,1H3,(H,25,26). The Morgan fingerprint density at radius 3 is 3.03 bits per heavy atom. The zero-order valence-electron chi connectivity index (χ0n) is 16.7. The third-order valence-electron chi connectivity index (χ3n) is 4.71. The molecule has 30 heavy (non-hydrogen) atoms. The highest BCUT2D eigenvalue weighted by Gasteiger charge is 2.22. The topological polar surface area (TPSA) is 96.7 Å². The van der Waals surface area contributed by atoms with Crippen LogP contribution in [0, 0.1) is 0 Å². The lowest BCUT2D eigenvalue weighted by atomic mass is 10.3. The van der Waals surface area contributed by atoms with Gasteiger partial charge in [-0.1, -0.05) is 13.0 Å². The predicted molar refractivity (Wildman–Crippen MR) is 111 cm³/mol. The molecule has 3 aromatic heterocycles. The van der Waals surface area contributed by atoms with Crippen molar-refractivity contribution in [3.8, 4) is 11.4 Å². The van der Waals surface area contributed by atoms with E-state index in [0.717, 1.165) is 18.7 Å². The average molecular weight is 413 g/mol. The van der Waals surface area contributed by atoms with Crippen molar-refractivity contribution in [2.45, 2.75) is 19.6 Å². The van der Waals surface area contributed by atoms with Gasteiger partial charge in [0.1, 0.15) is 12.4 Å². The number of anilines is 2. The lowest BCUT2D eigenvalue weighted by molar-refractivity contribution is -0.125. The molecule has 4 rings (SSSR count). The summed E-state index contributed by atoms with van der Waals surface area (Å²) in [4.78, 5) is 27.0. The molecule has 0 radical (unpaired) electrons. The molecule has 1 aliphatic rings. The first kappa shape index (κ1) is 20.2. The number of carbonyl (C=O) groups is 1. The fraction of sp³-hybridized carbons (Fsp3) is 0.400. The highest BCUT2D eigenvalue weighted by molar-refractivity contribution is 5.93. The van der Waals surface area contributed by atoms with Crippen molar-refractivity contribution < 1.29 is 13.9 Å². The number of pyridine rings is 1. The minimum absolute atomic E-state index is 0.0449. The van der Waals surface area contributed by atoms with Gasteiger partial charge in [0.2, 0.25) is 0 Å². The van der Waals surface area contributed by atoms with Gasteiger partial charge in [0.25, 0.3) is 5.91 Å². The number of carbonyl (C=O) groups excluding carboxylic acids is 1. The van der Waals surface area contributed by atoms with Crippen LogP contribution < -0.4 is 15.5 Å². The van der Waals surface area contributed by atoms with E-state index in [0.29, 0.717) is 36.1 Å². The second kappa shape index (κ2) is 9.14. The van der Waals surface area contributed by atoms with Gasteiger partial charge in [-0.05, 0) is 25.1 Å². The number of nitrogens with one attached hydrogen (secondary N) is 2. The largest absolute Gasteiger partial charge is 0.370 e. The number of hydrogen-bond acceptors (Lipinski definition) is 7. The van der Waals surface area contributed by atoms with E-state index in [2.05, 4.69) is 25.6 Å². The van der Waals surface area contributed by atoms with Gasteiger partial charge in [0.15, 0.2) is 17.8 Å². The van der Waals surface area contributed by atoms with Gasteiger partial charge in [-0.3, -0.25) is 14.1 Å². The first-order valence-electron chi connectivity index (χ1n) is 9.95. The van der Waals surface area contributed by atoms with Crippen molar-refractivity contribution in [3.05, 3.63) is 36.8 Å². The summed E-state index contributed by atoms with van der Waals surface area (Å²) in [5, 5.41) is 5.81. The summed E-state index contributed by atoms with van der Waals surface area (Å²) in [7, 11) is 0. The van der Waals surface area contributed by atoms with Crippen molar-refractivity contribution in [3.63, 3.8) is 0 Å². The molecular weight excluding hydrogens is 389 g/mol. The molecule has 3 aromatic rings. The van der Waals surface area contributed by atoms with Gasteiger partial charge < -0.3 is 15.4 Å². The Labute approximate surface area is 173 Å². The molecule has 0 bridgehead atoms. The monoisotopic (exact) mass is 413 g/mol. The smallest absolute Gasteiger partial charge is 0.254 e. The number of fused-ring (bicyclic) bond motifs is 1. The number of imidazole rings is 1. The molecule has 4 heterocycles. The lowest BCUT2D eigenvalue weighted by Crippen LogP contribution is -2.42. The number of nitrogens with zero attached hydrogens (tertiary/aromatic N) is 5. The van der Waals surface area contributed by atoms with Crippen LogP contribution in [0.2, 0.25) is 0 Å². The van der Waals surface area contributed by atoms with Crippen LogP contribution in [-0.2, 0) is 9.53 Å². The Balaban J connectivity index is 1.58. The molecule has 1 fully saturated rings. The minimum Gasteiger partial charge on any atom is -0.370 e. The van der Waals surface area contributed by atoms with Crippen molar-refractivity contribution in [2.75, 3.05) is 43.1 Å². The minimum atomic E-state index is -1.25. The molecule has 1 aliphatic heterocycles. The maximum atomic E-state index is 14.1. The number of morpholine rings is 1. The predicted octanol–water partition coefficient (Wildman–Crippen LogP) is 1.86. The summed E-state index contributed by atoms with van der Waals surface area (Å²) in [6, 6.07) is 5.36. The summed E-state index contributed by atoms with van der Waals surface area (Å²) in [5.74, 6) is 0.825. The number of alkyl halides is 1. The Hall–Kier alpha value is -3.11. The van der Waals surface area contributed by atoms with E-state index in [-0.39, 0.29) is 19.1 Å². The van der Waals surface area contributed by atoms with Crippen LogP contribution >= 0.6 is 0 Å². The van der Waals surface area contributed by atoms with E-state index >= 15 is 0 Å². The molecule has 0 spiro atoms. The number of amides is 1. The molecule has 2 N–H and O–H groups in total. The first-order valence-corrected chi connectivity index (χ1v) is 9.95. The third-order valence-corrected chi connectivity index (χ3v) is 4.71.